The van der Waals surface area contributed by atoms with Crippen LogP contribution in [0.15, 0.2) is 36.4 Å². The van der Waals surface area contributed by atoms with Crippen molar-refractivity contribution in [3.05, 3.63) is 47.5 Å². The molecule has 0 fully saturated rings. The lowest BCUT2D eigenvalue weighted by Crippen LogP contribution is -2.22. The zero-order valence-corrected chi connectivity index (χ0v) is 17.4. The number of esters is 3. The van der Waals surface area contributed by atoms with Crippen molar-refractivity contribution in [3.63, 3.8) is 0 Å². The normalized spacial score (nSPS) is 14.8. The standard InChI is InChI=1S/C23H22O8/c1-4-5-22(27)30-17-10-20(29-14(3)25)23-18(26)12-19(31-21(23)11-17)15-6-8-16(9-7-15)28-13(2)24/h6-11,19H,4-5,12H2,1-3H3/t19-/m0/s1. The molecule has 0 spiro atoms. The maximum absolute atomic E-state index is 12.9. The second-order valence-corrected chi connectivity index (χ2v) is 7.01. The fourth-order valence-electron chi connectivity index (χ4n) is 3.18. The van der Waals surface area contributed by atoms with Gasteiger partial charge in [-0.25, -0.2) is 0 Å². The summed E-state index contributed by atoms with van der Waals surface area (Å²) in [6.45, 7) is 4.36. The molecule has 0 bridgehead atoms. The van der Waals surface area contributed by atoms with E-state index in [4.69, 9.17) is 18.9 Å². The van der Waals surface area contributed by atoms with Crippen LogP contribution < -0.4 is 18.9 Å². The first-order valence-corrected chi connectivity index (χ1v) is 9.82. The van der Waals surface area contributed by atoms with E-state index < -0.39 is 24.0 Å². The molecule has 0 radical (unpaired) electrons. The van der Waals surface area contributed by atoms with E-state index in [1.54, 1.807) is 24.3 Å². The molecule has 1 heterocycles. The van der Waals surface area contributed by atoms with Crippen LogP contribution >= 0.6 is 0 Å². The highest BCUT2D eigenvalue weighted by molar-refractivity contribution is 6.03. The zero-order chi connectivity index (χ0) is 22.5. The van der Waals surface area contributed by atoms with Crippen LogP contribution in [0.3, 0.4) is 0 Å². The Kier molecular flexibility index (Phi) is 6.69. The fraction of sp³-hybridized carbons (Fsp3) is 0.304. The molecule has 0 saturated heterocycles. The first-order chi connectivity index (χ1) is 14.8. The summed E-state index contributed by atoms with van der Waals surface area (Å²) >= 11 is 0. The molecule has 1 atom stereocenters. The molecule has 0 N–H and O–H groups in total. The second kappa shape index (κ2) is 9.42. The third kappa shape index (κ3) is 5.48. The van der Waals surface area contributed by atoms with Crippen LogP contribution in [0.2, 0.25) is 0 Å². The minimum atomic E-state index is -0.616. The highest BCUT2D eigenvalue weighted by Gasteiger charge is 2.32. The molecule has 0 saturated carbocycles. The van der Waals surface area contributed by atoms with Crippen molar-refractivity contribution in [1.29, 1.82) is 0 Å². The summed E-state index contributed by atoms with van der Waals surface area (Å²) in [5.74, 6) is -1.15. The molecular formula is C23H22O8. The van der Waals surface area contributed by atoms with Gasteiger partial charge in [0.05, 0.1) is 6.42 Å². The molecule has 1 aliphatic rings. The molecule has 2 aromatic rings. The highest BCUT2D eigenvalue weighted by atomic mass is 16.6. The number of rotatable bonds is 6. The number of carbonyl (C=O) groups excluding carboxylic acids is 4. The molecule has 0 aromatic heterocycles. The van der Waals surface area contributed by atoms with E-state index in [0.29, 0.717) is 17.7 Å². The van der Waals surface area contributed by atoms with Gasteiger partial charge in [0, 0.05) is 32.4 Å². The number of Topliss-reactive ketones (excluding diaryl/α,β-unsaturated/α-hetero) is 1. The fourth-order valence-corrected chi connectivity index (χ4v) is 3.18. The second-order valence-electron chi connectivity index (χ2n) is 7.01. The molecule has 3 rings (SSSR count). The van der Waals surface area contributed by atoms with E-state index >= 15 is 0 Å². The Morgan fingerprint density at radius 1 is 0.968 bits per heavy atom. The van der Waals surface area contributed by atoms with Gasteiger partial charge in [-0.15, -0.1) is 0 Å². The van der Waals surface area contributed by atoms with Crippen LogP contribution in [0.1, 0.15) is 62.1 Å². The molecule has 162 valence electrons. The quantitative estimate of drug-likeness (QED) is 0.505. The van der Waals surface area contributed by atoms with Gasteiger partial charge in [0.2, 0.25) is 0 Å². The number of carbonyl (C=O) groups is 4. The summed E-state index contributed by atoms with van der Waals surface area (Å²) in [6.07, 6.45) is 0.236. The van der Waals surface area contributed by atoms with Crippen LogP contribution in [-0.4, -0.2) is 23.7 Å². The van der Waals surface area contributed by atoms with Gasteiger partial charge in [0.25, 0.3) is 0 Å². The van der Waals surface area contributed by atoms with Crippen LogP contribution in [0, 0.1) is 0 Å². The predicted molar refractivity (Wildman–Crippen MR) is 108 cm³/mol. The van der Waals surface area contributed by atoms with E-state index in [9.17, 15) is 19.2 Å². The Bertz CT molecular complexity index is 1020. The Morgan fingerprint density at radius 3 is 2.26 bits per heavy atom. The lowest BCUT2D eigenvalue weighted by Gasteiger charge is -2.27. The average molecular weight is 426 g/mol. The number of hydrogen-bond acceptors (Lipinski definition) is 8. The Hall–Kier alpha value is -3.68. The average Bonchev–Trinajstić information content (AvgIpc) is 2.67. The van der Waals surface area contributed by atoms with Gasteiger partial charge in [-0.2, -0.15) is 0 Å². The van der Waals surface area contributed by atoms with Gasteiger partial charge in [-0.3, -0.25) is 19.2 Å². The Balaban J connectivity index is 1.92. The maximum Gasteiger partial charge on any atom is 0.311 e. The zero-order valence-electron chi connectivity index (χ0n) is 17.4. The summed E-state index contributed by atoms with van der Waals surface area (Å²) in [5.41, 5.74) is 0.815. The largest absolute Gasteiger partial charge is 0.484 e. The minimum Gasteiger partial charge on any atom is -0.484 e. The summed E-state index contributed by atoms with van der Waals surface area (Å²) in [6, 6.07) is 9.37. The van der Waals surface area contributed by atoms with Crippen molar-refractivity contribution in [2.45, 2.75) is 46.1 Å². The first kappa shape index (κ1) is 22.0. The lowest BCUT2D eigenvalue weighted by atomic mass is 9.95. The van der Waals surface area contributed by atoms with Crippen LogP contribution in [0.4, 0.5) is 0 Å². The third-order valence-corrected chi connectivity index (χ3v) is 4.41. The molecule has 0 unspecified atom stereocenters. The Labute approximate surface area is 179 Å². The van der Waals surface area contributed by atoms with Crippen molar-refractivity contribution in [2.24, 2.45) is 0 Å². The van der Waals surface area contributed by atoms with Crippen molar-refractivity contribution >= 4 is 23.7 Å². The van der Waals surface area contributed by atoms with Gasteiger partial charge in [-0.05, 0) is 24.1 Å². The molecule has 31 heavy (non-hydrogen) atoms. The number of ketones is 1. The monoisotopic (exact) mass is 426 g/mol. The molecule has 1 aliphatic heterocycles. The van der Waals surface area contributed by atoms with Crippen molar-refractivity contribution < 1.29 is 38.1 Å². The lowest BCUT2D eigenvalue weighted by molar-refractivity contribution is -0.134. The summed E-state index contributed by atoms with van der Waals surface area (Å²) < 4.78 is 21.5. The maximum atomic E-state index is 12.9. The molecule has 2 aromatic carbocycles. The van der Waals surface area contributed by atoms with E-state index in [1.165, 1.54) is 26.0 Å². The third-order valence-electron chi connectivity index (χ3n) is 4.41. The number of ether oxygens (including phenoxy) is 4. The number of hydrogen-bond donors (Lipinski definition) is 0. The topological polar surface area (TPSA) is 105 Å². The Morgan fingerprint density at radius 2 is 1.65 bits per heavy atom. The van der Waals surface area contributed by atoms with Crippen molar-refractivity contribution in [1.82, 2.24) is 0 Å². The van der Waals surface area contributed by atoms with Gasteiger partial charge in [-0.1, -0.05) is 19.1 Å². The minimum absolute atomic E-state index is 0.0158. The summed E-state index contributed by atoms with van der Waals surface area (Å²) in [7, 11) is 0. The van der Waals surface area contributed by atoms with E-state index in [0.717, 1.165) is 0 Å². The molecule has 0 aliphatic carbocycles. The molecule has 8 nitrogen and oxygen atoms in total. The summed E-state index contributed by atoms with van der Waals surface area (Å²) in [4.78, 5) is 47.4. The smallest absolute Gasteiger partial charge is 0.311 e. The van der Waals surface area contributed by atoms with Gasteiger partial charge in [0.15, 0.2) is 5.78 Å². The van der Waals surface area contributed by atoms with E-state index in [1.807, 2.05) is 6.92 Å². The van der Waals surface area contributed by atoms with Crippen molar-refractivity contribution in [2.75, 3.05) is 0 Å². The highest BCUT2D eigenvalue weighted by Crippen LogP contribution is 2.42. The van der Waals surface area contributed by atoms with E-state index in [-0.39, 0.29) is 41.4 Å². The summed E-state index contributed by atoms with van der Waals surface area (Å²) in [5, 5.41) is 0. The number of fused-ring (bicyclic) bond motifs is 1. The van der Waals surface area contributed by atoms with Crippen LogP contribution in [0.25, 0.3) is 0 Å². The van der Waals surface area contributed by atoms with Crippen LogP contribution in [0.5, 0.6) is 23.0 Å². The predicted octanol–water partition coefficient (Wildman–Crippen LogP) is 3.95. The van der Waals surface area contributed by atoms with Crippen molar-refractivity contribution in [3.8, 4) is 23.0 Å². The molecular weight excluding hydrogens is 404 g/mol. The SMILES string of the molecule is CCCC(=O)Oc1cc(OC(C)=O)c2c(c1)O[C@H](c1ccc(OC(C)=O)cc1)CC2=O. The molecule has 8 heteroatoms. The number of benzene rings is 2. The van der Waals surface area contributed by atoms with Gasteiger partial charge >= 0.3 is 17.9 Å². The molecule has 0 amide bonds. The van der Waals surface area contributed by atoms with Crippen LogP contribution in [-0.2, 0) is 14.4 Å². The van der Waals surface area contributed by atoms with Gasteiger partial charge in [0.1, 0.15) is 34.7 Å². The van der Waals surface area contributed by atoms with E-state index in [2.05, 4.69) is 0 Å². The van der Waals surface area contributed by atoms with Gasteiger partial charge < -0.3 is 18.9 Å². The first-order valence-electron chi connectivity index (χ1n) is 9.82.